The summed E-state index contributed by atoms with van der Waals surface area (Å²) in [5.41, 5.74) is 5.07. The molecule has 0 N–H and O–H groups in total. The molecule has 4 aromatic rings. The lowest BCUT2D eigenvalue weighted by molar-refractivity contribution is 0.112. The number of aromatic nitrogens is 2. The molecule has 2 aromatic heterocycles. The quantitative estimate of drug-likeness (QED) is 0.326. The number of rotatable bonds is 7. The average Bonchev–Trinajstić information content (AvgIpc) is 3.45. The van der Waals surface area contributed by atoms with Crippen LogP contribution in [0.4, 0.5) is 5.69 Å². The van der Waals surface area contributed by atoms with Gasteiger partial charge in [0.25, 0.3) is 0 Å². The summed E-state index contributed by atoms with van der Waals surface area (Å²) in [4.78, 5) is 15.5. The highest BCUT2D eigenvalue weighted by atomic mass is 32.1. The molecule has 2 heterocycles. The van der Waals surface area contributed by atoms with E-state index >= 15 is 0 Å². The number of hydrogen-bond donors (Lipinski definition) is 0. The van der Waals surface area contributed by atoms with E-state index in [9.17, 15) is 4.79 Å². The Bertz CT molecular complexity index is 1290. The highest BCUT2D eigenvalue weighted by Gasteiger charge is 2.08. The number of benzene rings is 2. The largest absolute Gasteiger partial charge is 0.496 e. The number of ether oxygens (including phenoxy) is 1. The van der Waals surface area contributed by atoms with E-state index in [1.807, 2.05) is 32.3 Å². The number of thiophene rings is 1. The normalized spacial score (nSPS) is 11.6. The van der Waals surface area contributed by atoms with Crippen molar-refractivity contribution in [2.24, 2.45) is 0 Å². The van der Waals surface area contributed by atoms with E-state index in [1.54, 1.807) is 24.5 Å². The van der Waals surface area contributed by atoms with Gasteiger partial charge in [-0.3, -0.25) is 4.79 Å². The highest BCUT2D eigenvalue weighted by molar-refractivity contribution is 7.13. The van der Waals surface area contributed by atoms with Crippen LogP contribution in [0, 0.1) is 0 Å². The number of fused-ring (bicyclic) bond motifs is 1. The van der Waals surface area contributed by atoms with E-state index in [1.165, 1.54) is 0 Å². The summed E-state index contributed by atoms with van der Waals surface area (Å²) in [5, 5.41) is 0. The molecule has 7 heteroatoms. The number of carbonyl (C=O) groups excluding carboxylic acids is 1. The van der Waals surface area contributed by atoms with E-state index in [-0.39, 0.29) is 0 Å². The summed E-state index contributed by atoms with van der Waals surface area (Å²) >= 11 is 2.82. The maximum absolute atomic E-state index is 11.2. The van der Waals surface area contributed by atoms with Crippen LogP contribution < -0.4 is 9.64 Å². The molecule has 0 unspecified atom stereocenters. The van der Waals surface area contributed by atoms with Gasteiger partial charge in [0.05, 0.1) is 18.8 Å². The monoisotopic (exact) mass is 447 g/mol. The van der Waals surface area contributed by atoms with E-state index in [2.05, 4.69) is 56.1 Å². The maximum atomic E-state index is 11.2. The van der Waals surface area contributed by atoms with E-state index in [4.69, 9.17) is 4.74 Å². The van der Waals surface area contributed by atoms with Crippen molar-refractivity contribution in [3.63, 3.8) is 0 Å². The van der Waals surface area contributed by atoms with Crippen LogP contribution in [-0.4, -0.2) is 36.2 Å². The number of aldehydes is 1. The van der Waals surface area contributed by atoms with E-state index < -0.39 is 0 Å². The van der Waals surface area contributed by atoms with E-state index in [0.717, 1.165) is 55.8 Å². The number of methoxy groups -OCH3 is 1. The lowest BCUT2D eigenvalue weighted by atomic mass is 10.1. The van der Waals surface area contributed by atoms with Gasteiger partial charge in [0, 0.05) is 52.3 Å². The fraction of sp³-hybridized carbons (Fsp3) is 0.125. The third-order valence-electron chi connectivity index (χ3n) is 4.84. The smallest absolute Gasteiger partial charge is 0.152 e. The summed E-state index contributed by atoms with van der Waals surface area (Å²) in [7, 11) is 5.71. The van der Waals surface area contributed by atoms with Gasteiger partial charge in [-0.05, 0) is 48.6 Å². The minimum Gasteiger partial charge on any atom is -0.496 e. The van der Waals surface area contributed by atoms with Crippen LogP contribution in [0.3, 0.4) is 0 Å². The van der Waals surface area contributed by atoms with Crippen LogP contribution in [-0.2, 0) is 0 Å². The molecule has 0 radical (unpaired) electrons. The van der Waals surface area contributed by atoms with E-state index in [0.29, 0.717) is 11.1 Å². The van der Waals surface area contributed by atoms with Gasteiger partial charge in [-0.2, -0.15) is 8.75 Å². The Labute approximate surface area is 189 Å². The third kappa shape index (κ3) is 4.57. The van der Waals surface area contributed by atoms with Crippen LogP contribution in [0.5, 0.6) is 5.75 Å². The van der Waals surface area contributed by atoms with Crippen LogP contribution in [0.2, 0.25) is 0 Å². The van der Waals surface area contributed by atoms with Crippen molar-refractivity contribution in [2.75, 3.05) is 26.1 Å². The first-order chi connectivity index (χ1) is 15.1. The van der Waals surface area contributed by atoms with Gasteiger partial charge in [0.15, 0.2) is 6.29 Å². The van der Waals surface area contributed by atoms with Crippen molar-refractivity contribution in [2.45, 2.75) is 0 Å². The lowest BCUT2D eigenvalue weighted by Gasteiger charge is -2.14. The van der Waals surface area contributed by atoms with Crippen LogP contribution in [0.25, 0.3) is 35.3 Å². The Morgan fingerprint density at radius 3 is 2.10 bits per heavy atom. The first-order valence-electron chi connectivity index (χ1n) is 9.61. The molecule has 31 heavy (non-hydrogen) atoms. The van der Waals surface area contributed by atoms with Crippen molar-refractivity contribution in [3.8, 4) is 5.75 Å². The molecule has 0 fully saturated rings. The first kappa shape index (κ1) is 21.0. The number of hydrogen-bond acceptors (Lipinski definition) is 7. The molecule has 0 bridgehead atoms. The Hall–Kier alpha value is -3.29. The summed E-state index contributed by atoms with van der Waals surface area (Å²) in [6.45, 7) is 0. The summed E-state index contributed by atoms with van der Waals surface area (Å²) in [6, 6.07) is 14.0. The Balaban J connectivity index is 1.53. The van der Waals surface area contributed by atoms with Crippen molar-refractivity contribution >= 4 is 70.4 Å². The van der Waals surface area contributed by atoms with Gasteiger partial charge in [-0.15, -0.1) is 11.3 Å². The van der Waals surface area contributed by atoms with Crippen LogP contribution >= 0.6 is 23.1 Å². The van der Waals surface area contributed by atoms with Gasteiger partial charge in [-0.1, -0.05) is 12.1 Å². The molecule has 156 valence electrons. The number of nitrogens with zero attached hydrogens (tertiary/aromatic N) is 3. The van der Waals surface area contributed by atoms with Crippen LogP contribution in [0.1, 0.15) is 31.2 Å². The molecular formula is C24H21N3O2S2. The summed E-state index contributed by atoms with van der Waals surface area (Å²) in [6.07, 6.45) is 9.05. The molecular weight excluding hydrogens is 426 g/mol. The standard InChI is InChI=1S/C24H21N3O2S2/c1-27(2)19-9-6-16(22(14-19)29-3)7-10-20-12-13-21(30-20)11-8-17-4-5-18(15-28)24-23(17)25-31-26-24/h4-15H,1-3H3/b10-7+,11-8+. The van der Waals surface area contributed by atoms with Crippen molar-refractivity contribution in [1.82, 2.24) is 8.75 Å². The molecule has 2 aromatic carbocycles. The number of anilines is 1. The molecule has 5 nitrogen and oxygen atoms in total. The van der Waals surface area contributed by atoms with Crippen molar-refractivity contribution in [1.29, 1.82) is 0 Å². The van der Waals surface area contributed by atoms with Gasteiger partial charge >= 0.3 is 0 Å². The zero-order valence-corrected chi connectivity index (χ0v) is 19.0. The van der Waals surface area contributed by atoms with Gasteiger partial charge in [0.2, 0.25) is 0 Å². The van der Waals surface area contributed by atoms with Gasteiger partial charge < -0.3 is 9.64 Å². The average molecular weight is 448 g/mol. The zero-order chi connectivity index (χ0) is 21.8. The predicted octanol–water partition coefficient (Wildman–Crippen LogP) is 5.98. The second-order valence-corrected chi connectivity index (χ2v) is 8.73. The number of carbonyl (C=O) groups is 1. The first-order valence-corrected chi connectivity index (χ1v) is 11.2. The van der Waals surface area contributed by atoms with Crippen molar-refractivity contribution in [3.05, 3.63) is 68.9 Å². The molecule has 0 saturated carbocycles. The molecule has 0 aliphatic carbocycles. The summed E-state index contributed by atoms with van der Waals surface area (Å²) in [5.74, 6) is 0.846. The lowest BCUT2D eigenvalue weighted by Crippen LogP contribution is -2.08. The van der Waals surface area contributed by atoms with Gasteiger partial charge in [0.1, 0.15) is 16.8 Å². The molecule has 0 saturated heterocycles. The minimum absolute atomic E-state index is 0.568. The minimum atomic E-state index is 0.568. The second-order valence-electron chi connectivity index (χ2n) is 7.05. The summed E-state index contributed by atoms with van der Waals surface area (Å²) < 4.78 is 14.1. The fourth-order valence-electron chi connectivity index (χ4n) is 3.14. The molecule has 0 spiro atoms. The topological polar surface area (TPSA) is 55.3 Å². The maximum Gasteiger partial charge on any atom is 0.152 e. The molecule has 0 aliphatic rings. The Kier molecular flexibility index (Phi) is 6.25. The van der Waals surface area contributed by atoms with Crippen molar-refractivity contribution < 1.29 is 9.53 Å². The third-order valence-corrected chi connectivity index (χ3v) is 6.38. The molecule has 0 atom stereocenters. The molecule has 0 aliphatic heterocycles. The Morgan fingerprint density at radius 2 is 1.45 bits per heavy atom. The zero-order valence-electron chi connectivity index (χ0n) is 17.4. The molecule has 0 amide bonds. The highest BCUT2D eigenvalue weighted by Crippen LogP contribution is 2.28. The van der Waals surface area contributed by atoms with Gasteiger partial charge in [-0.25, -0.2) is 0 Å². The predicted molar refractivity (Wildman–Crippen MR) is 132 cm³/mol. The Morgan fingerprint density at radius 1 is 0.839 bits per heavy atom. The van der Waals surface area contributed by atoms with Crippen LogP contribution in [0.15, 0.2) is 42.5 Å². The molecule has 4 rings (SSSR count). The second kappa shape index (κ2) is 9.24. The fourth-order valence-corrected chi connectivity index (χ4v) is 4.55. The SMILES string of the molecule is COc1cc(N(C)C)ccc1/C=C/c1ccc(/C=C/c2ccc(C=O)c3nsnc23)s1.